The van der Waals surface area contributed by atoms with Gasteiger partial charge in [-0.1, -0.05) is 22.0 Å². The second-order valence-electron chi connectivity index (χ2n) is 5.17. The predicted octanol–water partition coefficient (Wildman–Crippen LogP) is 3.33. The van der Waals surface area contributed by atoms with E-state index in [9.17, 15) is 0 Å². The van der Waals surface area contributed by atoms with E-state index in [-0.39, 0.29) is 0 Å². The van der Waals surface area contributed by atoms with Crippen LogP contribution >= 0.6 is 15.9 Å². The molecule has 100 valence electrons. The minimum Gasteiger partial charge on any atom is -0.316 e. The summed E-state index contributed by atoms with van der Waals surface area (Å²) in [6.07, 6.45) is 1.21. The summed E-state index contributed by atoms with van der Waals surface area (Å²) in [6, 6.07) is 8.29. The van der Waals surface area contributed by atoms with Gasteiger partial charge < -0.3 is 5.32 Å². The number of aryl methyl sites for hydroxylation is 1. The zero-order valence-corrected chi connectivity index (χ0v) is 12.9. The van der Waals surface area contributed by atoms with Crippen LogP contribution in [0.25, 0.3) is 5.69 Å². The standard InChI is InChI=1S/C15H18BrN3/c1-10-15(12-6-7-17-9-12)11(2)19(18-10)14-5-3-4-13(16)8-14/h3-5,8,12,17H,6-7,9H2,1-2H3. The fourth-order valence-electron chi connectivity index (χ4n) is 3.01. The van der Waals surface area contributed by atoms with E-state index in [2.05, 4.69) is 51.9 Å². The Hall–Kier alpha value is -1.13. The average molecular weight is 320 g/mol. The highest BCUT2D eigenvalue weighted by Crippen LogP contribution is 2.30. The van der Waals surface area contributed by atoms with Crippen molar-refractivity contribution in [1.29, 1.82) is 0 Å². The van der Waals surface area contributed by atoms with E-state index in [1.165, 1.54) is 17.7 Å². The van der Waals surface area contributed by atoms with Gasteiger partial charge in [0.25, 0.3) is 0 Å². The lowest BCUT2D eigenvalue weighted by Gasteiger charge is -2.10. The SMILES string of the molecule is Cc1nn(-c2cccc(Br)c2)c(C)c1C1CCNC1. The van der Waals surface area contributed by atoms with Crippen LogP contribution < -0.4 is 5.32 Å². The minimum absolute atomic E-state index is 0.612. The molecular weight excluding hydrogens is 302 g/mol. The van der Waals surface area contributed by atoms with Crippen molar-refractivity contribution < 1.29 is 0 Å². The van der Waals surface area contributed by atoms with Crippen molar-refractivity contribution in [3.05, 3.63) is 45.7 Å². The molecule has 2 aromatic rings. The van der Waals surface area contributed by atoms with Gasteiger partial charge in [0.15, 0.2) is 0 Å². The molecule has 0 bridgehead atoms. The number of halogens is 1. The lowest BCUT2D eigenvalue weighted by Crippen LogP contribution is -2.09. The fourth-order valence-corrected chi connectivity index (χ4v) is 3.39. The lowest BCUT2D eigenvalue weighted by atomic mass is 9.96. The van der Waals surface area contributed by atoms with Crippen molar-refractivity contribution in [2.45, 2.75) is 26.2 Å². The van der Waals surface area contributed by atoms with E-state index < -0.39 is 0 Å². The van der Waals surface area contributed by atoms with Crippen LogP contribution in [-0.2, 0) is 0 Å². The number of nitrogens with one attached hydrogen (secondary N) is 1. The molecule has 1 aliphatic rings. The number of aromatic nitrogens is 2. The summed E-state index contributed by atoms with van der Waals surface area (Å²) in [4.78, 5) is 0. The molecule has 3 nitrogen and oxygen atoms in total. The molecule has 1 saturated heterocycles. The molecular formula is C15H18BrN3. The van der Waals surface area contributed by atoms with Gasteiger partial charge in [0.05, 0.1) is 11.4 Å². The van der Waals surface area contributed by atoms with E-state index >= 15 is 0 Å². The molecule has 0 amide bonds. The smallest absolute Gasteiger partial charge is 0.0660 e. The van der Waals surface area contributed by atoms with Crippen molar-refractivity contribution in [3.8, 4) is 5.69 Å². The first kappa shape index (κ1) is 12.9. The third-order valence-corrected chi connectivity index (χ3v) is 4.36. The van der Waals surface area contributed by atoms with E-state index in [1.807, 2.05) is 12.1 Å². The first-order valence-electron chi connectivity index (χ1n) is 6.69. The largest absolute Gasteiger partial charge is 0.316 e. The summed E-state index contributed by atoms with van der Waals surface area (Å²) in [5.41, 5.74) is 4.97. The fraction of sp³-hybridized carbons (Fsp3) is 0.400. The van der Waals surface area contributed by atoms with Gasteiger partial charge in [-0.2, -0.15) is 5.10 Å². The Bertz CT molecular complexity index is 597. The third kappa shape index (κ3) is 2.35. The summed E-state index contributed by atoms with van der Waals surface area (Å²) in [5.74, 6) is 0.612. The van der Waals surface area contributed by atoms with Crippen LogP contribution in [0.4, 0.5) is 0 Å². The van der Waals surface area contributed by atoms with Crippen LogP contribution in [0.3, 0.4) is 0 Å². The summed E-state index contributed by atoms with van der Waals surface area (Å²) in [5, 5.41) is 8.17. The second-order valence-corrected chi connectivity index (χ2v) is 6.08. The highest BCUT2D eigenvalue weighted by atomic mass is 79.9. The number of benzene rings is 1. The van der Waals surface area contributed by atoms with Gasteiger partial charge in [0.1, 0.15) is 0 Å². The van der Waals surface area contributed by atoms with Crippen molar-refractivity contribution in [2.24, 2.45) is 0 Å². The zero-order chi connectivity index (χ0) is 13.4. The molecule has 0 aliphatic carbocycles. The molecule has 19 heavy (non-hydrogen) atoms. The normalized spacial score (nSPS) is 19.0. The van der Waals surface area contributed by atoms with E-state index in [0.29, 0.717) is 5.92 Å². The molecule has 1 aromatic heterocycles. The minimum atomic E-state index is 0.612. The molecule has 3 rings (SSSR count). The molecule has 0 radical (unpaired) electrons. The Kier molecular flexibility index (Phi) is 3.46. The second kappa shape index (κ2) is 5.10. The van der Waals surface area contributed by atoms with Crippen molar-refractivity contribution in [1.82, 2.24) is 15.1 Å². The van der Waals surface area contributed by atoms with Crippen LogP contribution in [-0.4, -0.2) is 22.9 Å². The Morgan fingerprint density at radius 2 is 2.21 bits per heavy atom. The van der Waals surface area contributed by atoms with Gasteiger partial charge in [-0.3, -0.25) is 0 Å². The van der Waals surface area contributed by atoms with E-state index in [0.717, 1.165) is 28.9 Å². The summed E-state index contributed by atoms with van der Waals surface area (Å²) >= 11 is 3.52. The van der Waals surface area contributed by atoms with Crippen LogP contribution in [0, 0.1) is 13.8 Å². The third-order valence-electron chi connectivity index (χ3n) is 3.87. The Labute approximate surface area is 122 Å². The lowest BCUT2D eigenvalue weighted by molar-refractivity contribution is 0.749. The van der Waals surface area contributed by atoms with Crippen molar-refractivity contribution in [3.63, 3.8) is 0 Å². The first-order chi connectivity index (χ1) is 9.16. The molecule has 0 spiro atoms. The van der Waals surface area contributed by atoms with Gasteiger partial charge in [0.2, 0.25) is 0 Å². The number of nitrogens with zero attached hydrogens (tertiary/aromatic N) is 2. The molecule has 1 aromatic carbocycles. The van der Waals surface area contributed by atoms with Crippen molar-refractivity contribution >= 4 is 15.9 Å². The van der Waals surface area contributed by atoms with Gasteiger partial charge in [-0.05, 0) is 45.0 Å². The van der Waals surface area contributed by atoms with Crippen LogP contribution in [0.1, 0.15) is 29.3 Å². The predicted molar refractivity (Wildman–Crippen MR) is 81.0 cm³/mol. The maximum atomic E-state index is 4.73. The van der Waals surface area contributed by atoms with Gasteiger partial charge in [-0.15, -0.1) is 0 Å². The Morgan fingerprint density at radius 3 is 2.89 bits per heavy atom. The first-order valence-corrected chi connectivity index (χ1v) is 7.49. The number of rotatable bonds is 2. The summed E-state index contributed by atoms with van der Waals surface area (Å²) < 4.78 is 3.15. The molecule has 1 N–H and O–H groups in total. The quantitative estimate of drug-likeness (QED) is 0.920. The zero-order valence-electron chi connectivity index (χ0n) is 11.3. The maximum absolute atomic E-state index is 4.73. The molecule has 1 aliphatic heterocycles. The van der Waals surface area contributed by atoms with Crippen molar-refractivity contribution in [2.75, 3.05) is 13.1 Å². The summed E-state index contributed by atoms with van der Waals surface area (Å²) in [7, 11) is 0. The molecule has 1 atom stereocenters. The number of hydrogen-bond donors (Lipinski definition) is 1. The molecule has 1 unspecified atom stereocenters. The topological polar surface area (TPSA) is 29.9 Å². The van der Waals surface area contributed by atoms with Crippen LogP contribution in [0.5, 0.6) is 0 Å². The van der Waals surface area contributed by atoms with Gasteiger partial charge >= 0.3 is 0 Å². The van der Waals surface area contributed by atoms with Gasteiger partial charge in [0, 0.05) is 28.2 Å². The number of hydrogen-bond acceptors (Lipinski definition) is 2. The highest BCUT2D eigenvalue weighted by Gasteiger charge is 2.24. The Morgan fingerprint density at radius 1 is 1.37 bits per heavy atom. The van der Waals surface area contributed by atoms with Gasteiger partial charge in [-0.25, -0.2) is 4.68 Å². The average Bonchev–Trinajstić information content (AvgIpc) is 2.98. The molecule has 0 saturated carbocycles. The monoisotopic (exact) mass is 319 g/mol. The highest BCUT2D eigenvalue weighted by molar-refractivity contribution is 9.10. The molecule has 1 fully saturated rings. The van der Waals surface area contributed by atoms with Crippen LogP contribution in [0.2, 0.25) is 0 Å². The molecule has 2 heterocycles. The molecule has 4 heteroatoms. The Balaban J connectivity index is 2.06. The van der Waals surface area contributed by atoms with E-state index in [1.54, 1.807) is 0 Å². The van der Waals surface area contributed by atoms with E-state index in [4.69, 9.17) is 5.10 Å². The van der Waals surface area contributed by atoms with Crippen LogP contribution in [0.15, 0.2) is 28.7 Å². The summed E-state index contributed by atoms with van der Waals surface area (Å²) in [6.45, 7) is 6.49. The maximum Gasteiger partial charge on any atom is 0.0660 e.